The zero-order valence-electron chi connectivity index (χ0n) is 15.4. The zero-order chi connectivity index (χ0) is 19.3. The molecule has 28 heavy (non-hydrogen) atoms. The van der Waals surface area contributed by atoms with Crippen molar-refractivity contribution in [1.29, 1.82) is 0 Å². The number of piperazine rings is 1. The van der Waals surface area contributed by atoms with Gasteiger partial charge in [0.1, 0.15) is 17.0 Å². The molecular formula is C19H21N5O3S. The number of carbonyl (C=O) groups is 1. The standard InChI is InChI=1S/C19H21N5O3S/c1-26-14-5-2-6-15-16(14)22-18(28-15)17(27-13-4-3-7-21-12-13)23-19(25)24-10-8-20-9-11-24/h2-7,12,17,20H,8-11H2,1H3,(H,23,25). The van der Waals surface area contributed by atoms with Gasteiger partial charge in [0.2, 0.25) is 6.23 Å². The number of hydrogen-bond donors (Lipinski definition) is 2. The second kappa shape index (κ2) is 8.41. The van der Waals surface area contributed by atoms with E-state index in [2.05, 4.69) is 20.6 Å². The van der Waals surface area contributed by atoms with Crippen LogP contribution in [0.4, 0.5) is 4.79 Å². The van der Waals surface area contributed by atoms with Crippen molar-refractivity contribution in [1.82, 2.24) is 25.5 Å². The molecule has 2 amide bonds. The van der Waals surface area contributed by atoms with Crippen LogP contribution in [-0.4, -0.2) is 54.2 Å². The van der Waals surface area contributed by atoms with Crippen molar-refractivity contribution in [3.05, 3.63) is 47.7 Å². The van der Waals surface area contributed by atoms with Crippen LogP contribution >= 0.6 is 11.3 Å². The Bertz CT molecular complexity index is 943. The van der Waals surface area contributed by atoms with Crippen LogP contribution in [-0.2, 0) is 0 Å². The Morgan fingerprint density at radius 3 is 2.89 bits per heavy atom. The van der Waals surface area contributed by atoms with Crippen LogP contribution in [0.1, 0.15) is 11.2 Å². The third kappa shape index (κ3) is 4.00. The maximum Gasteiger partial charge on any atom is 0.320 e. The lowest BCUT2D eigenvalue weighted by atomic mass is 10.3. The SMILES string of the molecule is COc1cccc2sc(C(NC(=O)N3CCNCC3)Oc3cccnc3)nc12. The summed E-state index contributed by atoms with van der Waals surface area (Å²) in [5.41, 5.74) is 0.751. The fourth-order valence-corrected chi connectivity index (χ4v) is 3.95. The minimum Gasteiger partial charge on any atom is -0.494 e. The first-order chi connectivity index (χ1) is 13.7. The lowest BCUT2D eigenvalue weighted by molar-refractivity contribution is 0.139. The van der Waals surface area contributed by atoms with Crippen LogP contribution in [0.2, 0.25) is 0 Å². The molecule has 1 atom stereocenters. The number of hydrogen-bond acceptors (Lipinski definition) is 7. The zero-order valence-corrected chi connectivity index (χ0v) is 16.2. The van der Waals surface area contributed by atoms with Gasteiger partial charge >= 0.3 is 6.03 Å². The first-order valence-corrected chi connectivity index (χ1v) is 9.82. The van der Waals surface area contributed by atoms with Crippen LogP contribution in [0.15, 0.2) is 42.7 Å². The highest BCUT2D eigenvalue weighted by molar-refractivity contribution is 7.18. The number of rotatable bonds is 5. The largest absolute Gasteiger partial charge is 0.494 e. The van der Waals surface area contributed by atoms with E-state index < -0.39 is 6.23 Å². The number of nitrogens with zero attached hydrogens (tertiary/aromatic N) is 3. The number of benzene rings is 1. The number of fused-ring (bicyclic) bond motifs is 1. The molecule has 2 N–H and O–H groups in total. The second-order valence-electron chi connectivity index (χ2n) is 6.23. The molecule has 0 saturated carbocycles. The van der Waals surface area contributed by atoms with Crippen molar-refractivity contribution >= 4 is 27.6 Å². The van der Waals surface area contributed by atoms with E-state index in [-0.39, 0.29) is 6.03 Å². The average Bonchev–Trinajstić information content (AvgIpc) is 3.19. The lowest BCUT2D eigenvalue weighted by Crippen LogP contribution is -2.51. The van der Waals surface area contributed by atoms with Crippen LogP contribution in [0.25, 0.3) is 10.2 Å². The van der Waals surface area contributed by atoms with Crippen molar-refractivity contribution in [2.45, 2.75) is 6.23 Å². The van der Waals surface area contributed by atoms with Gasteiger partial charge in [0, 0.05) is 32.4 Å². The third-order valence-electron chi connectivity index (χ3n) is 4.39. The van der Waals surface area contributed by atoms with Crippen molar-refractivity contribution in [2.75, 3.05) is 33.3 Å². The molecule has 0 radical (unpaired) electrons. The summed E-state index contributed by atoms with van der Waals surface area (Å²) in [6, 6.07) is 9.15. The number of nitrogens with one attached hydrogen (secondary N) is 2. The highest BCUT2D eigenvalue weighted by atomic mass is 32.1. The second-order valence-corrected chi connectivity index (χ2v) is 7.29. The third-order valence-corrected chi connectivity index (χ3v) is 5.45. The molecule has 1 saturated heterocycles. The Morgan fingerprint density at radius 2 is 2.14 bits per heavy atom. The van der Waals surface area contributed by atoms with E-state index in [1.54, 1.807) is 36.5 Å². The van der Waals surface area contributed by atoms with Gasteiger partial charge in [-0.25, -0.2) is 9.78 Å². The Kier molecular flexibility index (Phi) is 5.54. The Hall–Kier alpha value is -2.91. The minimum atomic E-state index is -0.728. The molecule has 1 aromatic carbocycles. The van der Waals surface area contributed by atoms with Crippen LogP contribution < -0.4 is 20.1 Å². The van der Waals surface area contributed by atoms with E-state index in [1.807, 2.05) is 18.2 Å². The minimum absolute atomic E-state index is 0.179. The molecule has 0 bridgehead atoms. The predicted molar refractivity (Wildman–Crippen MR) is 107 cm³/mol. The van der Waals surface area contributed by atoms with Gasteiger partial charge in [0.15, 0.2) is 5.01 Å². The molecule has 0 aliphatic carbocycles. The lowest BCUT2D eigenvalue weighted by Gasteiger charge is -2.29. The summed E-state index contributed by atoms with van der Waals surface area (Å²) in [5.74, 6) is 1.24. The summed E-state index contributed by atoms with van der Waals surface area (Å²) >= 11 is 1.46. The van der Waals surface area contributed by atoms with Gasteiger partial charge in [0.25, 0.3) is 0 Å². The monoisotopic (exact) mass is 399 g/mol. The summed E-state index contributed by atoms with van der Waals surface area (Å²) in [5, 5.41) is 6.85. The number of para-hydroxylation sites is 1. The number of urea groups is 1. The molecule has 9 heteroatoms. The number of pyridine rings is 1. The van der Waals surface area contributed by atoms with Gasteiger partial charge in [-0.15, -0.1) is 11.3 Å². The Labute approximate surface area is 166 Å². The summed E-state index contributed by atoms with van der Waals surface area (Å²) in [7, 11) is 1.61. The Balaban J connectivity index is 1.63. The van der Waals surface area contributed by atoms with E-state index in [9.17, 15) is 4.79 Å². The molecule has 1 aliphatic rings. The average molecular weight is 399 g/mol. The fraction of sp³-hybridized carbons (Fsp3) is 0.316. The Morgan fingerprint density at radius 1 is 1.29 bits per heavy atom. The topological polar surface area (TPSA) is 88.6 Å². The number of carbonyl (C=O) groups excluding carboxylic acids is 1. The quantitative estimate of drug-likeness (QED) is 0.641. The first-order valence-electron chi connectivity index (χ1n) is 9.01. The molecule has 1 unspecified atom stereocenters. The molecule has 3 aromatic rings. The molecule has 4 rings (SSSR count). The summed E-state index contributed by atoms with van der Waals surface area (Å²) < 4.78 is 12.4. The van der Waals surface area contributed by atoms with Crippen LogP contribution in [0.5, 0.6) is 11.5 Å². The van der Waals surface area contributed by atoms with Gasteiger partial charge < -0.3 is 19.7 Å². The number of thiazole rings is 1. The predicted octanol–water partition coefficient (Wildman–Crippen LogP) is 2.39. The molecular weight excluding hydrogens is 378 g/mol. The molecule has 146 valence electrons. The van der Waals surface area contributed by atoms with Crippen LogP contribution in [0.3, 0.4) is 0 Å². The van der Waals surface area contributed by atoms with Gasteiger partial charge in [-0.1, -0.05) is 6.07 Å². The van der Waals surface area contributed by atoms with E-state index >= 15 is 0 Å². The first kappa shape index (κ1) is 18.5. The fourth-order valence-electron chi connectivity index (χ4n) is 2.98. The van der Waals surface area contributed by atoms with Gasteiger partial charge in [-0.2, -0.15) is 0 Å². The van der Waals surface area contributed by atoms with Crippen molar-refractivity contribution in [3.8, 4) is 11.5 Å². The van der Waals surface area contributed by atoms with Crippen molar-refractivity contribution in [3.63, 3.8) is 0 Å². The highest BCUT2D eigenvalue weighted by Gasteiger charge is 2.25. The van der Waals surface area contributed by atoms with E-state index in [1.165, 1.54) is 11.3 Å². The number of aromatic nitrogens is 2. The van der Waals surface area contributed by atoms with E-state index in [0.29, 0.717) is 29.6 Å². The van der Waals surface area contributed by atoms with Crippen LogP contribution in [0, 0.1) is 0 Å². The molecule has 1 aliphatic heterocycles. The highest BCUT2D eigenvalue weighted by Crippen LogP contribution is 2.33. The van der Waals surface area contributed by atoms with Gasteiger partial charge in [-0.05, 0) is 24.3 Å². The molecule has 1 fully saturated rings. The van der Waals surface area contributed by atoms with Gasteiger partial charge in [0.05, 0.1) is 18.0 Å². The van der Waals surface area contributed by atoms with Crippen molar-refractivity contribution in [2.24, 2.45) is 0 Å². The maximum atomic E-state index is 12.8. The van der Waals surface area contributed by atoms with E-state index in [4.69, 9.17) is 9.47 Å². The molecule has 2 aromatic heterocycles. The summed E-state index contributed by atoms with van der Waals surface area (Å²) in [6.45, 7) is 2.86. The summed E-state index contributed by atoms with van der Waals surface area (Å²) in [4.78, 5) is 23.3. The summed E-state index contributed by atoms with van der Waals surface area (Å²) in [6.07, 6.45) is 2.55. The van der Waals surface area contributed by atoms with E-state index in [0.717, 1.165) is 23.3 Å². The smallest absolute Gasteiger partial charge is 0.320 e. The maximum absolute atomic E-state index is 12.8. The van der Waals surface area contributed by atoms with Gasteiger partial charge in [-0.3, -0.25) is 10.3 Å². The number of ether oxygens (including phenoxy) is 2. The number of methoxy groups -OCH3 is 1. The normalized spacial score (nSPS) is 15.2. The molecule has 3 heterocycles. The number of amides is 2. The molecule has 0 spiro atoms. The van der Waals surface area contributed by atoms with Crippen molar-refractivity contribution < 1.29 is 14.3 Å². The molecule has 8 nitrogen and oxygen atoms in total.